The molecule has 0 unspecified atom stereocenters. The zero-order valence-corrected chi connectivity index (χ0v) is 12.9. The Morgan fingerprint density at radius 3 is 2.62 bits per heavy atom. The first-order valence-corrected chi connectivity index (χ1v) is 7.36. The van der Waals surface area contributed by atoms with Crippen LogP contribution in [0.2, 0.25) is 0 Å². The average Bonchev–Trinajstić information content (AvgIpc) is 2.79. The molecule has 0 aliphatic rings. The molecule has 0 saturated carbocycles. The van der Waals surface area contributed by atoms with Crippen molar-refractivity contribution in [3.05, 3.63) is 58.9 Å². The number of nitrogens with zero attached hydrogens (tertiary/aromatic N) is 2. The van der Waals surface area contributed by atoms with Crippen molar-refractivity contribution in [1.82, 2.24) is 9.38 Å². The molecule has 2 heterocycles. The number of rotatable bonds is 3. The summed E-state index contributed by atoms with van der Waals surface area (Å²) in [7, 11) is 0. The zero-order chi connectivity index (χ0) is 15.0. The standard InChI is InChI=1S/C18H21N3/c1-12-7-8-15(13(2)11-12)18-16(9-10-19)20-17-6-4-5-14(3)21(17)18/h4-8,11H,9-10,19H2,1-3H3. The molecule has 3 aromatic rings. The van der Waals surface area contributed by atoms with E-state index in [1.165, 1.54) is 28.1 Å². The Kier molecular flexibility index (Phi) is 3.52. The molecule has 108 valence electrons. The highest BCUT2D eigenvalue weighted by Gasteiger charge is 2.16. The number of aryl methyl sites for hydroxylation is 3. The van der Waals surface area contributed by atoms with Crippen LogP contribution in [0.25, 0.3) is 16.9 Å². The SMILES string of the molecule is Cc1ccc(-c2c(CCN)nc3cccc(C)n23)c(C)c1. The van der Waals surface area contributed by atoms with Crippen LogP contribution in [0.4, 0.5) is 0 Å². The summed E-state index contributed by atoms with van der Waals surface area (Å²) < 4.78 is 2.24. The molecule has 21 heavy (non-hydrogen) atoms. The van der Waals surface area contributed by atoms with Crippen molar-refractivity contribution < 1.29 is 0 Å². The van der Waals surface area contributed by atoms with Gasteiger partial charge in [0.05, 0.1) is 11.4 Å². The predicted molar refractivity (Wildman–Crippen MR) is 87.6 cm³/mol. The van der Waals surface area contributed by atoms with E-state index in [2.05, 4.69) is 61.6 Å². The molecule has 0 spiro atoms. The van der Waals surface area contributed by atoms with Crippen molar-refractivity contribution in [3.63, 3.8) is 0 Å². The summed E-state index contributed by atoms with van der Waals surface area (Å²) in [6, 6.07) is 12.8. The van der Waals surface area contributed by atoms with Gasteiger partial charge >= 0.3 is 0 Å². The van der Waals surface area contributed by atoms with Gasteiger partial charge < -0.3 is 5.73 Å². The molecule has 1 aromatic carbocycles. The van der Waals surface area contributed by atoms with Gasteiger partial charge in [-0.2, -0.15) is 0 Å². The Morgan fingerprint density at radius 2 is 1.90 bits per heavy atom. The molecule has 0 aliphatic heterocycles. The van der Waals surface area contributed by atoms with E-state index in [-0.39, 0.29) is 0 Å². The van der Waals surface area contributed by atoms with E-state index < -0.39 is 0 Å². The second-order valence-electron chi connectivity index (χ2n) is 5.62. The van der Waals surface area contributed by atoms with E-state index in [1.54, 1.807) is 0 Å². The number of fused-ring (bicyclic) bond motifs is 1. The van der Waals surface area contributed by atoms with Crippen LogP contribution >= 0.6 is 0 Å². The van der Waals surface area contributed by atoms with Crippen molar-refractivity contribution in [3.8, 4) is 11.3 Å². The van der Waals surface area contributed by atoms with Gasteiger partial charge in [0.2, 0.25) is 0 Å². The van der Waals surface area contributed by atoms with Crippen LogP contribution in [0.5, 0.6) is 0 Å². The summed E-state index contributed by atoms with van der Waals surface area (Å²) in [5, 5.41) is 0. The van der Waals surface area contributed by atoms with Gasteiger partial charge in [-0.15, -0.1) is 0 Å². The number of hydrogen-bond donors (Lipinski definition) is 1. The van der Waals surface area contributed by atoms with Gasteiger partial charge in [0.15, 0.2) is 0 Å². The van der Waals surface area contributed by atoms with Crippen molar-refractivity contribution in [2.24, 2.45) is 5.73 Å². The third-order valence-corrected chi connectivity index (χ3v) is 3.93. The Balaban J connectivity index is 2.35. The average molecular weight is 279 g/mol. The fraction of sp³-hybridized carbons (Fsp3) is 0.278. The van der Waals surface area contributed by atoms with E-state index >= 15 is 0 Å². The summed E-state index contributed by atoms with van der Waals surface area (Å²) in [4.78, 5) is 4.79. The van der Waals surface area contributed by atoms with Crippen molar-refractivity contribution in [1.29, 1.82) is 0 Å². The maximum Gasteiger partial charge on any atom is 0.137 e. The van der Waals surface area contributed by atoms with Crippen LogP contribution < -0.4 is 5.73 Å². The Morgan fingerprint density at radius 1 is 1.10 bits per heavy atom. The molecule has 3 rings (SSSR count). The smallest absolute Gasteiger partial charge is 0.137 e. The number of aromatic nitrogens is 2. The highest BCUT2D eigenvalue weighted by atomic mass is 15.0. The van der Waals surface area contributed by atoms with Gasteiger partial charge in [0.25, 0.3) is 0 Å². The second-order valence-corrected chi connectivity index (χ2v) is 5.62. The summed E-state index contributed by atoms with van der Waals surface area (Å²) in [5.74, 6) is 0. The molecular formula is C18H21N3. The minimum Gasteiger partial charge on any atom is -0.330 e. The van der Waals surface area contributed by atoms with Gasteiger partial charge in [-0.3, -0.25) is 4.40 Å². The van der Waals surface area contributed by atoms with Crippen molar-refractivity contribution in [2.45, 2.75) is 27.2 Å². The first-order valence-electron chi connectivity index (χ1n) is 7.36. The number of hydrogen-bond acceptors (Lipinski definition) is 2. The molecule has 0 aliphatic carbocycles. The molecule has 2 aromatic heterocycles. The zero-order valence-electron chi connectivity index (χ0n) is 12.9. The summed E-state index contributed by atoms with van der Waals surface area (Å²) >= 11 is 0. The summed E-state index contributed by atoms with van der Waals surface area (Å²) in [5.41, 5.74) is 14.0. The maximum atomic E-state index is 5.78. The third kappa shape index (κ3) is 2.34. The maximum absolute atomic E-state index is 5.78. The van der Waals surface area contributed by atoms with Crippen LogP contribution in [0.3, 0.4) is 0 Å². The summed E-state index contributed by atoms with van der Waals surface area (Å²) in [6.07, 6.45) is 0.795. The van der Waals surface area contributed by atoms with E-state index in [0.29, 0.717) is 6.54 Å². The molecule has 0 radical (unpaired) electrons. The fourth-order valence-corrected chi connectivity index (χ4v) is 2.97. The molecule has 0 fully saturated rings. The van der Waals surface area contributed by atoms with Crippen LogP contribution in [0.15, 0.2) is 36.4 Å². The predicted octanol–water partition coefficient (Wildman–Crippen LogP) is 3.43. The Hall–Kier alpha value is -2.13. The second kappa shape index (κ2) is 5.34. The quantitative estimate of drug-likeness (QED) is 0.798. The fourth-order valence-electron chi connectivity index (χ4n) is 2.97. The molecule has 0 atom stereocenters. The molecule has 0 bridgehead atoms. The van der Waals surface area contributed by atoms with Gasteiger partial charge in [0.1, 0.15) is 5.65 Å². The van der Waals surface area contributed by atoms with Crippen molar-refractivity contribution in [2.75, 3.05) is 6.54 Å². The number of imidazole rings is 1. The lowest BCUT2D eigenvalue weighted by Crippen LogP contribution is -2.05. The molecule has 0 amide bonds. The van der Waals surface area contributed by atoms with Gasteiger partial charge in [0, 0.05) is 17.7 Å². The van der Waals surface area contributed by atoms with Crippen LogP contribution in [-0.2, 0) is 6.42 Å². The van der Waals surface area contributed by atoms with Crippen LogP contribution in [0.1, 0.15) is 22.5 Å². The molecule has 3 heteroatoms. The molecule has 2 N–H and O–H groups in total. The minimum atomic E-state index is 0.612. The van der Waals surface area contributed by atoms with Crippen LogP contribution in [0, 0.1) is 20.8 Å². The Bertz CT molecular complexity index is 800. The summed E-state index contributed by atoms with van der Waals surface area (Å²) in [6.45, 7) is 7.01. The van der Waals surface area contributed by atoms with Gasteiger partial charge in [-0.1, -0.05) is 29.8 Å². The largest absolute Gasteiger partial charge is 0.330 e. The highest BCUT2D eigenvalue weighted by Crippen LogP contribution is 2.30. The van der Waals surface area contributed by atoms with Gasteiger partial charge in [-0.25, -0.2) is 4.98 Å². The number of pyridine rings is 1. The van der Waals surface area contributed by atoms with E-state index in [4.69, 9.17) is 10.7 Å². The monoisotopic (exact) mass is 279 g/mol. The lowest BCUT2D eigenvalue weighted by Gasteiger charge is -2.11. The van der Waals surface area contributed by atoms with Gasteiger partial charge in [-0.05, 0) is 45.0 Å². The van der Waals surface area contributed by atoms with E-state index in [1.807, 2.05) is 0 Å². The van der Waals surface area contributed by atoms with Crippen LogP contribution in [-0.4, -0.2) is 15.9 Å². The van der Waals surface area contributed by atoms with E-state index in [0.717, 1.165) is 17.8 Å². The lowest BCUT2D eigenvalue weighted by atomic mass is 10.0. The lowest BCUT2D eigenvalue weighted by molar-refractivity contribution is 0.938. The van der Waals surface area contributed by atoms with E-state index in [9.17, 15) is 0 Å². The highest BCUT2D eigenvalue weighted by molar-refractivity contribution is 5.71. The first-order chi connectivity index (χ1) is 10.1. The first kappa shape index (κ1) is 13.8. The topological polar surface area (TPSA) is 43.3 Å². The van der Waals surface area contributed by atoms with Crippen molar-refractivity contribution >= 4 is 5.65 Å². The normalized spacial score (nSPS) is 11.2. The number of nitrogens with two attached hydrogens (primary N) is 1. The molecule has 0 saturated heterocycles. The number of benzene rings is 1. The molecular weight excluding hydrogens is 258 g/mol. The minimum absolute atomic E-state index is 0.612. The third-order valence-electron chi connectivity index (χ3n) is 3.93. The molecule has 3 nitrogen and oxygen atoms in total. The Labute approximate surface area is 125 Å².